The number of piperazine rings is 1. The van der Waals surface area contributed by atoms with Gasteiger partial charge in [-0.1, -0.05) is 29.3 Å². The molecule has 3 aliphatic rings. The van der Waals surface area contributed by atoms with Crippen molar-refractivity contribution in [2.75, 3.05) is 63.1 Å². The number of allylic oxidation sites excluding steroid dienone is 2. The molecule has 5 heterocycles. The predicted molar refractivity (Wildman–Crippen MR) is 154 cm³/mol. The van der Waals surface area contributed by atoms with Gasteiger partial charge in [0.05, 0.1) is 30.0 Å². The number of likely N-dealkylation sites (N-methyl/N-ethyl adjacent to an activating group) is 1. The monoisotopic (exact) mass is 566 g/mol. The minimum atomic E-state index is 0.0143. The van der Waals surface area contributed by atoms with E-state index >= 15 is 0 Å². The number of hydrogen-bond donors (Lipinski definition) is 1. The Morgan fingerprint density at radius 3 is 2.85 bits per heavy atom. The number of ether oxygens (including phenoxy) is 1. The maximum absolute atomic E-state index is 13.2. The van der Waals surface area contributed by atoms with Crippen LogP contribution in [0.2, 0.25) is 0 Å². The van der Waals surface area contributed by atoms with E-state index in [2.05, 4.69) is 32.1 Å². The van der Waals surface area contributed by atoms with Crippen molar-refractivity contribution >= 4 is 52.5 Å². The molecule has 0 saturated carbocycles. The lowest BCUT2D eigenvalue weighted by Gasteiger charge is -2.37. The van der Waals surface area contributed by atoms with Gasteiger partial charge in [0.1, 0.15) is 23.9 Å². The van der Waals surface area contributed by atoms with E-state index in [1.807, 2.05) is 33.7 Å². The molecule has 10 nitrogen and oxygen atoms in total. The van der Waals surface area contributed by atoms with Crippen LogP contribution in [0.5, 0.6) is 5.75 Å². The van der Waals surface area contributed by atoms with Crippen molar-refractivity contribution in [3.05, 3.63) is 58.8 Å². The van der Waals surface area contributed by atoms with Gasteiger partial charge in [-0.05, 0) is 12.1 Å². The van der Waals surface area contributed by atoms with Crippen molar-refractivity contribution in [3.63, 3.8) is 0 Å². The maximum Gasteiger partial charge on any atom is 0.242 e. The molecule has 0 atom stereocenters. The summed E-state index contributed by atoms with van der Waals surface area (Å²) >= 11 is 12.7. The number of aliphatic imine (C=N–C) groups is 1. The summed E-state index contributed by atoms with van der Waals surface area (Å²) in [6.07, 6.45) is 9.01. The lowest BCUT2D eigenvalue weighted by atomic mass is 10.1. The summed E-state index contributed by atoms with van der Waals surface area (Å²) in [5.74, 6) is 1.57. The minimum Gasteiger partial charge on any atom is -0.490 e. The van der Waals surface area contributed by atoms with E-state index in [0.29, 0.717) is 54.9 Å². The number of carbonyl (C=O) groups is 1. The first-order valence-corrected chi connectivity index (χ1v) is 13.6. The average molecular weight is 567 g/mol. The van der Waals surface area contributed by atoms with Gasteiger partial charge in [-0.15, -0.1) is 0 Å². The highest BCUT2D eigenvalue weighted by Gasteiger charge is 2.25. The SMILES string of the molecule is CN1CCOc2cc(-c3nc4cnccn4c3NCC(=O)N3CCN(C4=C(Cl)C=NC=C(Cl)C4)CC3)ccc21. The van der Waals surface area contributed by atoms with Gasteiger partial charge in [0.2, 0.25) is 5.91 Å². The Hall–Kier alpha value is -3.76. The van der Waals surface area contributed by atoms with Crippen molar-refractivity contribution < 1.29 is 9.53 Å². The summed E-state index contributed by atoms with van der Waals surface area (Å²) in [6, 6.07) is 6.09. The lowest BCUT2D eigenvalue weighted by molar-refractivity contribution is -0.130. The summed E-state index contributed by atoms with van der Waals surface area (Å²) in [5.41, 5.74) is 4.32. The molecule has 12 heteroatoms. The molecule has 0 spiro atoms. The molecular weight excluding hydrogens is 539 g/mol. The van der Waals surface area contributed by atoms with E-state index in [0.717, 1.165) is 40.8 Å². The smallest absolute Gasteiger partial charge is 0.242 e. The Morgan fingerprint density at radius 1 is 1.15 bits per heavy atom. The van der Waals surface area contributed by atoms with Crippen molar-refractivity contribution in [2.45, 2.75) is 6.42 Å². The molecule has 1 fully saturated rings. The van der Waals surface area contributed by atoms with E-state index in [9.17, 15) is 4.79 Å². The number of nitrogens with zero attached hydrogens (tertiary/aromatic N) is 7. The topological polar surface area (TPSA) is 90.6 Å². The normalized spacial score (nSPS) is 17.6. The van der Waals surface area contributed by atoms with Gasteiger partial charge in [-0.2, -0.15) is 0 Å². The van der Waals surface area contributed by atoms with E-state index in [-0.39, 0.29) is 12.5 Å². The number of carbonyl (C=O) groups excluding carboxylic acids is 1. The number of rotatable bonds is 5. The molecule has 1 N–H and O–H groups in total. The van der Waals surface area contributed by atoms with Gasteiger partial charge in [-0.3, -0.25) is 19.2 Å². The van der Waals surface area contributed by atoms with Crippen molar-refractivity contribution in [3.8, 4) is 17.0 Å². The molecule has 39 heavy (non-hydrogen) atoms. The number of halogens is 2. The molecular formula is C27H28Cl2N8O2. The molecule has 1 aromatic carbocycles. The van der Waals surface area contributed by atoms with Gasteiger partial charge in [0, 0.05) is 80.7 Å². The Morgan fingerprint density at radius 2 is 2.00 bits per heavy atom. The standard InChI is InChI=1S/C27H28Cl2N8O2/c1-34-10-11-39-23-12-18(2-3-21(23)34)26-27(37-5-4-30-16-24(37)33-26)32-17-25(38)36-8-6-35(7-9-36)22-13-19(28)14-31-15-20(22)29/h2-5,12,14-16,32H,6-11,13,17H2,1H3. The van der Waals surface area contributed by atoms with Crippen LogP contribution in [0.15, 0.2) is 63.7 Å². The van der Waals surface area contributed by atoms with Crippen LogP contribution in [0.25, 0.3) is 16.9 Å². The zero-order valence-corrected chi connectivity index (χ0v) is 23.0. The van der Waals surface area contributed by atoms with Gasteiger partial charge in [-0.25, -0.2) is 4.98 Å². The van der Waals surface area contributed by atoms with Crippen LogP contribution in [0.4, 0.5) is 11.5 Å². The maximum atomic E-state index is 13.2. The molecule has 1 saturated heterocycles. The summed E-state index contributed by atoms with van der Waals surface area (Å²) in [6.45, 7) is 4.14. The molecule has 0 radical (unpaired) electrons. The molecule has 0 bridgehead atoms. The van der Waals surface area contributed by atoms with Crippen molar-refractivity contribution in [2.24, 2.45) is 4.99 Å². The molecule has 2 aromatic heterocycles. The van der Waals surface area contributed by atoms with Crippen LogP contribution in [-0.2, 0) is 4.79 Å². The fourth-order valence-electron chi connectivity index (χ4n) is 5.09. The fourth-order valence-corrected chi connectivity index (χ4v) is 5.52. The largest absolute Gasteiger partial charge is 0.490 e. The number of imidazole rings is 1. The van der Waals surface area contributed by atoms with E-state index in [1.165, 1.54) is 0 Å². The van der Waals surface area contributed by atoms with Crippen LogP contribution in [-0.4, -0.2) is 89.2 Å². The number of hydrogen-bond acceptors (Lipinski definition) is 8. The molecule has 0 aliphatic carbocycles. The molecule has 3 aromatic rings. The highest BCUT2D eigenvalue weighted by Crippen LogP contribution is 2.37. The van der Waals surface area contributed by atoms with Crippen molar-refractivity contribution in [1.29, 1.82) is 0 Å². The average Bonchev–Trinajstić information content (AvgIpc) is 3.24. The quantitative estimate of drug-likeness (QED) is 0.502. The number of aromatic nitrogens is 3. The van der Waals surface area contributed by atoms with Gasteiger partial charge >= 0.3 is 0 Å². The zero-order valence-electron chi connectivity index (χ0n) is 21.5. The first-order valence-electron chi connectivity index (χ1n) is 12.8. The summed E-state index contributed by atoms with van der Waals surface area (Å²) in [7, 11) is 2.05. The van der Waals surface area contributed by atoms with Gasteiger partial charge in [0.15, 0.2) is 5.65 Å². The number of fused-ring (bicyclic) bond motifs is 2. The van der Waals surface area contributed by atoms with Crippen LogP contribution in [0.3, 0.4) is 0 Å². The van der Waals surface area contributed by atoms with E-state index in [4.69, 9.17) is 32.9 Å². The molecule has 202 valence electrons. The highest BCUT2D eigenvalue weighted by molar-refractivity contribution is 6.40. The number of benzene rings is 1. The zero-order chi connectivity index (χ0) is 26.9. The Kier molecular flexibility index (Phi) is 7.05. The third-order valence-corrected chi connectivity index (χ3v) is 7.74. The summed E-state index contributed by atoms with van der Waals surface area (Å²) in [4.78, 5) is 32.6. The van der Waals surface area contributed by atoms with Gasteiger partial charge in [0.25, 0.3) is 0 Å². The lowest BCUT2D eigenvalue weighted by Crippen LogP contribution is -2.49. The second kappa shape index (κ2) is 10.8. The second-order valence-electron chi connectivity index (χ2n) is 9.61. The second-order valence-corrected chi connectivity index (χ2v) is 10.5. The molecule has 3 aliphatic heterocycles. The Balaban J connectivity index is 1.17. The third-order valence-electron chi connectivity index (χ3n) is 7.19. The van der Waals surface area contributed by atoms with Crippen LogP contribution in [0.1, 0.15) is 6.42 Å². The molecule has 0 unspecified atom stereocenters. The third kappa shape index (κ3) is 5.14. The summed E-state index contributed by atoms with van der Waals surface area (Å²) in [5, 5.41) is 4.58. The Bertz CT molecular complexity index is 1510. The fraction of sp³-hybridized carbons (Fsp3) is 0.333. The number of amides is 1. The predicted octanol–water partition coefficient (Wildman–Crippen LogP) is 3.79. The Labute approximate surface area is 236 Å². The van der Waals surface area contributed by atoms with Crippen LogP contribution < -0.4 is 15.0 Å². The first kappa shape index (κ1) is 25.5. The summed E-state index contributed by atoms with van der Waals surface area (Å²) < 4.78 is 7.83. The van der Waals surface area contributed by atoms with E-state index in [1.54, 1.807) is 24.8 Å². The highest BCUT2D eigenvalue weighted by atomic mass is 35.5. The molecule has 1 amide bonds. The van der Waals surface area contributed by atoms with E-state index < -0.39 is 0 Å². The van der Waals surface area contributed by atoms with Crippen molar-refractivity contribution in [1.82, 2.24) is 24.2 Å². The minimum absolute atomic E-state index is 0.0143. The van der Waals surface area contributed by atoms with Crippen LogP contribution >= 0.6 is 23.2 Å². The first-order chi connectivity index (χ1) is 19.0. The number of nitrogens with one attached hydrogen (secondary N) is 1. The van der Waals surface area contributed by atoms with Crippen LogP contribution in [0, 0.1) is 0 Å². The molecule has 6 rings (SSSR count). The number of anilines is 2. The van der Waals surface area contributed by atoms with Gasteiger partial charge < -0.3 is 24.8 Å².